The molecule has 2 aromatic rings. The number of aromatic nitrogens is 1. The molecule has 0 atom stereocenters. The van der Waals surface area contributed by atoms with Crippen LogP contribution >= 0.6 is 0 Å². The molecule has 0 fully saturated rings. The molecule has 2 rings (SSSR count). The largest absolute Gasteiger partial charge is 0.380 e. The summed E-state index contributed by atoms with van der Waals surface area (Å²) in [5.41, 5.74) is -0.204. The highest BCUT2D eigenvalue weighted by Gasteiger charge is 2.16. The van der Waals surface area contributed by atoms with Gasteiger partial charge in [-0.15, -0.1) is 0 Å². The summed E-state index contributed by atoms with van der Waals surface area (Å²) in [7, 11) is 0. The van der Waals surface area contributed by atoms with Crippen molar-refractivity contribution in [3.05, 3.63) is 64.0 Å². The van der Waals surface area contributed by atoms with Crippen LogP contribution in [-0.2, 0) is 6.42 Å². The molecular weight excluding hydrogens is 268 g/mol. The summed E-state index contributed by atoms with van der Waals surface area (Å²) in [6.07, 6.45) is 2.11. The Morgan fingerprint density at radius 2 is 1.95 bits per heavy atom. The molecule has 0 radical (unpaired) electrons. The maximum Gasteiger partial charge on any atom is 0.275 e. The van der Waals surface area contributed by atoms with E-state index in [9.17, 15) is 18.9 Å². The van der Waals surface area contributed by atoms with Crippen LogP contribution in [0.4, 0.5) is 20.2 Å². The van der Waals surface area contributed by atoms with Crippen LogP contribution in [0, 0.1) is 21.7 Å². The van der Waals surface area contributed by atoms with E-state index in [0.717, 1.165) is 5.69 Å². The van der Waals surface area contributed by atoms with Crippen LogP contribution < -0.4 is 5.32 Å². The van der Waals surface area contributed by atoms with Crippen molar-refractivity contribution in [2.24, 2.45) is 0 Å². The van der Waals surface area contributed by atoms with E-state index in [0.29, 0.717) is 18.6 Å². The number of non-ortho nitro benzene ring substituents is 1. The van der Waals surface area contributed by atoms with Gasteiger partial charge in [-0.05, 0) is 12.1 Å². The average molecular weight is 279 g/mol. The molecule has 0 saturated heterocycles. The van der Waals surface area contributed by atoms with E-state index in [4.69, 9.17) is 0 Å². The van der Waals surface area contributed by atoms with Crippen molar-refractivity contribution >= 4 is 11.4 Å². The summed E-state index contributed by atoms with van der Waals surface area (Å²) < 4.78 is 27.1. The minimum Gasteiger partial charge on any atom is -0.380 e. The molecule has 0 aliphatic rings. The number of hydrogen-bond donors (Lipinski definition) is 1. The maximum atomic E-state index is 13.6. The van der Waals surface area contributed by atoms with Crippen LogP contribution in [0.2, 0.25) is 0 Å². The van der Waals surface area contributed by atoms with Gasteiger partial charge in [0.2, 0.25) is 0 Å². The van der Waals surface area contributed by atoms with Crippen LogP contribution in [0.3, 0.4) is 0 Å². The fraction of sp³-hybridized carbons (Fsp3) is 0.154. The summed E-state index contributed by atoms with van der Waals surface area (Å²) in [5.74, 6) is -1.98. The molecule has 20 heavy (non-hydrogen) atoms. The first-order valence-electron chi connectivity index (χ1n) is 5.85. The third-order valence-electron chi connectivity index (χ3n) is 2.65. The first-order valence-corrected chi connectivity index (χ1v) is 5.85. The van der Waals surface area contributed by atoms with Gasteiger partial charge in [-0.1, -0.05) is 6.07 Å². The lowest BCUT2D eigenvalue weighted by molar-refractivity contribution is -0.385. The number of halogens is 2. The number of nitro benzene ring substituents is 1. The zero-order chi connectivity index (χ0) is 14.5. The van der Waals surface area contributed by atoms with Crippen molar-refractivity contribution in [1.29, 1.82) is 0 Å². The number of nitrogens with zero attached hydrogens (tertiary/aromatic N) is 2. The standard InChI is InChI=1S/C13H11F2N3O2/c14-11-7-10(18(19)20)8-12(15)13(11)17-6-4-9-3-1-2-5-16-9/h1-3,5,7-8,17H,4,6H2. The highest BCUT2D eigenvalue weighted by molar-refractivity contribution is 5.51. The molecule has 104 valence electrons. The highest BCUT2D eigenvalue weighted by Crippen LogP contribution is 2.24. The maximum absolute atomic E-state index is 13.6. The topological polar surface area (TPSA) is 68.1 Å². The molecule has 5 nitrogen and oxygen atoms in total. The van der Waals surface area contributed by atoms with Crippen LogP contribution in [0.15, 0.2) is 36.5 Å². The SMILES string of the molecule is O=[N+]([O-])c1cc(F)c(NCCc2ccccn2)c(F)c1. The Morgan fingerprint density at radius 1 is 1.25 bits per heavy atom. The number of anilines is 1. The van der Waals surface area contributed by atoms with E-state index in [1.165, 1.54) is 0 Å². The van der Waals surface area contributed by atoms with E-state index in [1.807, 2.05) is 6.07 Å². The van der Waals surface area contributed by atoms with Gasteiger partial charge >= 0.3 is 0 Å². The molecule has 0 spiro atoms. The van der Waals surface area contributed by atoms with Gasteiger partial charge in [-0.2, -0.15) is 0 Å². The summed E-state index contributed by atoms with van der Waals surface area (Å²) in [6, 6.07) is 6.75. The van der Waals surface area contributed by atoms with Gasteiger partial charge in [0.1, 0.15) is 5.69 Å². The third kappa shape index (κ3) is 3.25. The second-order valence-electron chi connectivity index (χ2n) is 4.04. The Kier molecular flexibility index (Phi) is 4.19. The molecule has 0 saturated carbocycles. The number of pyridine rings is 1. The first-order chi connectivity index (χ1) is 9.58. The Morgan fingerprint density at radius 3 is 2.50 bits per heavy atom. The van der Waals surface area contributed by atoms with Crippen molar-refractivity contribution in [1.82, 2.24) is 4.98 Å². The van der Waals surface area contributed by atoms with E-state index in [1.54, 1.807) is 18.3 Å². The Hall–Kier alpha value is -2.57. The second-order valence-corrected chi connectivity index (χ2v) is 4.04. The molecule has 0 amide bonds. The fourth-order valence-corrected chi connectivity index (χ4v) is 1.70. The Bertz CT molecular complexity index is 597. The molecule has 0 aliphatic heterocycles. The first kappa shape index (κ1) is 13.9. The van der Waals surface area contributed by atoms with Gasteiger partial charge in [0, 0.05) is 24.9 Å². The minimum atomic E-state index is -0.988. The quantitative estimate of drug-likeness (QED) is 0.675. The van der Waals surface area contributed by atoms with E-state index in [2.05, 4.69) is 10.3 Å². The molecule has 0 aliphatic carbocycles. The number of rotatable bonds is 5. The van der Waals surface area contributed by atoms with E-state index < -0.39 is 22.2 Å². The van der Waals surface area contributed by atoms with Gasteiger partial charge in [-0.3, -0.25) is 15.1 Å². The monoisotopic (exact) mass is 279 g/mol. The molecule has 0 bridgehead atoms. The van der Waals surface area contributed by atoms with Gasteiger partial charge < -0.3 is 5.32 Å². The highest BCUT2D eigenvalue weighted by atomic mass is 19.1. The normalized spacial score (nSPS) is 10.3. The number of benzene rings is 1. The summed E-state index contributed by atoms with van der Waals surface area (Å²) in [5, 5.41) is 13.0. The zero-order valence-electron chi connectivity index (χ0n) is 10.3. The predicted octanol–water partition coefficient (Wildman–Crippen LogP) is 2.92. The number of hydrogen-bond acceptors (Lipinski definition) is 4. The molecule has 1 aromatic heterocycles. The van der Waals surface area contributed by atoms with Crippen LogP contribution in [0.25, 0.3) is 0 Å². The summed E-state index contributed by atoms with van der Waals surface area (Å²) in [4.78, 5) is 13.7. The van der Waals surface area contributed by atoms with Crippen molar-refractivity contribution in [2.45, 2.75) is 6.42 Å². The summed E-state index contributed by atoms with van der Waals surface area (Å²) >= 11 is 0. The summed E-state index contributed by atoms with van der Waals surface area (Å²) in [6.45, 7) is 0.267. The molecular formula is C13H11F2N3O2. The Labute approximate surface area is 113 Å². The lowest BCUT2D eigenvalue weighted by atomic mass is 10.2. The van der Waals surface area contributed by atoms with Gasteiger partial charge in [0.15, 0.2) is 11.6 Å². The zero-order valence-corrected chi connectivity index (χ0v) is 10.3. The van der Waals surface area contributed by atoms with Crippen molar-refractivity contribution in [3.8, 4) is 0 Å². The second kappa shape index (κ2) is 6.05. The third-order valence-corrected chi connectivity index (χ3v) is 2.65. The minimum absolute atomic E-state index is 0.267. The van der Waals surface area contributed by atoms with Crippen molar-refractivity contribution in [3.63, 3.8) is 0 Å². The van der Waals surface area contributed by atoms with Crippen LogP contribution in [-0.4, -0.2) is 16.5 Å². The van der Waals surface area contributed by atoms with Gasteiger partial charge in [0.05, 0.1) is 17.1 Å². The predicted molar refractivity (Wildman–Crippen MR) is 69.4 cm³/mol. The molecule has 7 heteroatoms. The van der Waals surface area contributed by atoms with E-state index >= 15 is 0 Å². The Balaban J connectivity index is 2.05. The van der Waals surface area contributed by atoms with Gasteiger partial charge in [-0.25, -0.2) is 8.78 Å². The smallest absolute Gasteiger partial charge is 0.275 e. The lowest BCUT2D eigenvalue weighted by Gasteiger charge is -2.08. The van der Waals surface area contributed by atoms with Crippen LogP contribution in [0.5, 0.6) is 0 Å². The molecule has 1 N–H and O–H groups in total. The van der Waals surface area contributed by atoms with Crippen LogP contribution in [0.1, 0.15) is 5.69 Å². The molecule has 1 aromatic carbocycles. The van der Waals surface area contributed by atoms with E-state index in [-0.39, 0.29) is 12.2 Å². The van der Waals surface area contributed by atoms with Gasteiger partial charge in [0.25, 0.3) is 5.69 Å². The number of nitro groups is 1. The average Bonchev–Trinajstić information content (AvgIpc) is 2.42. The van der Waals surface area contributed by atoms with Crippen molar-refractivity contribution < 1.29 is 13.7 Å². The fourth-order valence-electron chi connectivity index (χ4n) is 1.70. The van der Waals surface area contributed by atoms with Crippen molar-refractivity contribution in [2.75, 3.05) is 11.9 Å². The number of nitrogens with one attached hydrogen (secondary N) is 1. The lowest BCUT2D eigenvalue weighted by Crippen LogP contribution is -2.09. The molecule has 0 unspecified atom stereocenters. The molecule has 1 heterocycles.